The monoisotopic (exact) mass is 345 g/mol. The van der Waals surface area contributed by atoms with Crippen LogP contribution in [-0.4, -0.2) is 22.0 Å². The number of aromatic nitrogens is 2. The van der Waals surface area contributed by atoms with Crippen LogP contribution in [0.25, 0.3) is 0 Å². The Labute approximate surface area is 143 Å². The number of halogens is 1. The zero-order chi connectivity index (χ0) is 16.1. The van der Waals surface area contributed by atoms with E-state index in [1.807, 2.05) is 47.2 Å². The number of imidazole rings is 1. The molecule has 23 heavy (non-hydrogen) atoms. The Hall–Kier alpha value is -2.11. The summed E-state index contributed by atoms with van der Waals surface area (Å²) < 4.78 is 2.75. The number of carbonyl (C=O) groups is 1. The summed E-state index contributed by atoms with van der Waals surface area (Å²) in [6, 6.07) is 11.5. The Kier molecular flexibility index (Phi) is 5.10. The van der Waals surface area contributed by atoms with Gasteiger partial charge in [0.05, 0.1) is 10.7 Å². The highest BCUT2D eigenvalue weighted by Gasteiger charge is 2.06. The topological polar surface area (TPSA) is 46.9 Å². The van der Waals surface area contributed by atoms with Gasteiger partial charge in [-0.1, -0.05) is 23.7 Å². The van der Waals surface area contributed by atoms with Crippen LogP contribution in [0.5, 0.6) is 0 Å². The molecule has 0 atom stereocenters. The molecule has 1 aromatic carbocycles. The summed E-state index contributed by atoms with van der Waals surface area (Å²) in [5.41, 5.74) is 1.74. The molecule has 3 rings (SSSR count). The molecule has 0 unspecified atom stereocenters. The second kappa shape index (κ2) is 7.44. The van der Waals surface area contributed by atoms with Crippen molar-refractivity contribution >= 4 is 28.8 Å². The first kappa shape index (κ1) is 15.8. The second-order valence-electron chi connectivity index (χ2n) is 5.15. The van der Waals surface area contributed by atoms with E-state index >= 15 is 0 Å². The first-order valence-corrected chi connectivity index (χ1v) is 8.47. The van der Waals surface area contributed by atoms with Crippen molar-refractivity contribution < 1.29 is 4.79 Å². The van der Waals surface area contributed by atoms with E-state index in [1.165, 1.54) is 4.88 Å². The SMILES string of the molecule is O=C(NCCc1ccc(Cl)s1)c1cccc(Cn2ccnc2)c1. The van der Waals surface area contributed by atoms with Crippen molar-refractivity contribution in [3.05, 3.63) is 75.5 Å². The van der Waals surface area contributed by atoms with Crippen molar-refractivity contribution in [1.82, 2.24) is 14.9 Å². The van der Waals surface area contributed by atoms with Gasteiger partial charge in [-0.2, -0.15) is 0 Å². The molecule has 0 aliphatic carbocycles. The Morgan fingerprint density at radius 3 is 2.96 bits per heavy atom. The normalized spacial score (nSPS) is 10.7. The van der Waals surface area contributed by atoms with E-state index < -0.39 is 0 Å². The largest absolute Gasteiger partial charge is 0.352 e. The highest BCUT2D eigenvalue weighted by molar-refractivity contribution is 7.16. The predicted molar refractivity (Wildman–Crippen MR) is 93.1 cm³/mol. The number of thiophene rings is 1. The average molecular weight is 346 g/mol. The van der Waals surface area contributed by atoms with Crippen molar-refractivity contribution in [3.63, 3.8) is 0 Å². The molecule has 4 nitrogen and oxygen atoms in total. The first-order valence-electron chi connectivity index (χ1n) is 7.28. The van der Waals surface area contributed by atoms with Gasteiger partial charge in [-0.15, -0.1) is 11.3 Å². The molecule has 6 heteroatoms. The van der Waals surface area contributed by atoms with Crippen LogP contribution in [0.3, 0.4) is 0 Å². The fourth-order valence-corrected chi connectivity index (χ4v) is 3.38. The van der Waals surface area contributed by atoms with Gasteiger partial charge in [0.15, 0.2) is 0 Å². The number of hydrogen-bond donors (Lipinski definition) is 1. The third-order valence-electron chi connectivity index (χ3n) is 3.40. The third kappa shape index (κ3) is 4.43. The number of nitrogens with zero attached hydrogens (tertiary/aromatic N) is 2. The van der Waals surface area contributed by atoms with Gasteiger partial charge in [0.1, 0.15) is 0 Å². The van der Waals surface area contributed by atoms with E-state index in [9.17, 15) is 4.79 Å². The maximum atomic E-state index is 12.2. The van der Waals surface area contributed by atoms with E-state index in [2.05, 4.69) is 10.3 Å². The Bertz CT molecular complexity index is 783. The second-order valence-corrected chi connectivity index (χ2v) is 6.95. The van der Waals surface area contributed by atoms with Crippen molar-refractivity contribution in [1.29, 1.82) is 0 Å². The van der Waals surface area contributed by atoms with Gasteiger partial charge in [-0.3, -0.25) is 4.79 Å². The minimum atomic E-state index is -0.0554. The number of carbonyl (C=O) groups excluding carboxylic acids is 1. The molecule has 0 bridgehead atoms. The highest BCUT2D eigenvalue weighted by Crippen LogP contribution is 2.21. The van der Waals surface area contributed by atoms with Crippen LogP contribution in [0.15, 0.2) is 55.1 Å². The van der Waals surface area contributed by atoms with Gasteiger partial charge in [0.2, 0.25) is 0 Å². The predicted octanol–water partition coefficient (Wildman–Crippen LogP) is 3.62. The number of amides is 1. The molecule has 0 aliphatic rings. The van der Waals surface area contributed by atoms with Crippen molar-refractivity contribution in [2.75, 3.05) is 6.54 Å². The van der Waals surface area contributed by atoms with Gasteiger partial charge in [-0.25, -0.2) is 4.98 Å². The zero-order valence-corrected chi connectivity index (χ0v) is 14.0. The summed E-state index contributed by atoms with van der Waals surface area (Å²) in [4.78, 5) is 17.4. The van der Waals surface area contributed by atoms with E-state index in [0.717, 1.165) is 16.3 Å². The quantitative estimate of drug-likeness (QED) is 0.741. The van der Waals surface area contributed by atoms with Gasteiger partial charge in [0.25, 0.3) is 5.91 Å². The Balaban J connectivity index is 1.56. The summed E-state index contributed by atoms with van der Waals surface area (Å²) in [6.45, 7) is 1.30. The minimum Gasteiger partial charge on any atom is -0.352 e. The van der Waals surface area contributed by atoms with E-state index in [1.54, 1.807) is 23.9 Å². The molecule has 0 spiro atoms. The fraction of sp³-hybridized carbons (Fsp3) is 0.176. The molecule has 1 N–H and O–H groups in total. The molecule has 2 aromatic heterocycles. The summed E-state index contributed by atoms with van der Waals surface area (Å²) in [7, 11) is 0. The molecule has 3 aromatic rings. The van der Waals surface area contributed by atoms with Crippen LogP contribution in [0.2, 0.25) is 4.34 Å². The standard InChI is InChI=1S/C17H16ClN3OS/c18-16-5-4-15(23-16)6-7-20-17(22)14-3-1-2-13(10-14)11-21-9-8-19-12-21/h1-5,8-10,12H,6-7,11H2,(H,20,22). The van der Waals surface area contributed by atoms with Crippen LogP contribution in [0.1, 0.15) is 20.8 Å². The summed E-state index contributed by atoms with van der Waals surface area (Å²) in [6.07, 6.45) is 6.20. The molecule has 0 saturated carbocycles. The summed E-state index contributed by atoms with van der Waals surface area (Å²) in [5.74, 6) is -0.0554. The van der Waals surface area contributed by atoms with Gasteiger partial charge in [0, 0.05) is 35.9 Å². The first-order chi connectivity index (χ1) is 11.2. The minimum absolute atomic E-state index is 0.0554. The number of hydrogen-bond acceptors (Lipinski definition) is 3. The van der Waals surface area contributed by atoms with E-state index in [4.69, 9.17) is 11.6 Å². The fourth-order valence-electron chi connectivity index (χ4n) is 2.29. The number of nitrogens with one attached hydrogen (secondary N) is 1. The summed E-state index contributed by atoms with van der Waals surface area (Å²) in [5, 5.41) is 2.95. The molecule has 118 valence electrons. The van der Waals surface area contributed by atoms with Crippen molar-refractivity contribution in [2.45, 2.75) is 13.0 Å². The van der Waals surface area contributed by atoms with Crippen LogP contribution in [-0.2, 0) is 13.0 Å². The molecule has 0 saturated heterocycles. The average Bonchev–Trinajstić information content (AvgIpc) is 3.19. The van der Waals surface area contributed by atoms with Gasteiger partial charge in [-0.05, 0) is 36.2 Å². The third-order valence-corrected chi connectivity index (χ3v) is 4.69. The lowest BCUT2D eigenvalue weighted by Gasteiger charge is -2.07. The number of benzene rings is 1. The van der Waals surface area contributed by atoms with Crippen molar-refractivity contribution in [3.8, 4) is 0 Å². The Morgan fingerprint density at radius 2 is 2.22 bits per heavy atom. The summed E-state index contributed by atoms with van der Waals surface area (Å²) >= 11 is 7.44. The number of rotatable bonds is 6. The molecule has 0 radical (unpaired) electrons. The smallest absolute Gasteiger partial charge is 0.251 e. The maximum Gasteiger partial charge on any atom is 0.251 e. The molecule has 0 fully saturated rings. The zero-order valence-electron chi connectivity index (χ0n) is 12.4. The molecular formula is C17H16ClN3OS. The van der Waals surface area contributed by atoms with Crippen LogP contribution < -0.4 is 5.32 Å². The molecule has 2 heterocycles. The van der Waals surface area contributed by atoms with E-state index in [0.29, 0.717) is 18.7 Å². The lowest BCUT2D eigenvalue weighted by atomic mass is 10.1. The van der Waals surface area contributed by atoms with Crippen molar-refractivity contribution in [2.24, 2.45) is 0 Å². The van der Waals surface area contributed by atoms with Crippen LogP contribution >= 0.6 is 22.9 Å². The molecule has 1 amide bonds. The maximum absolute atomic E-state index is 12.2. The highest BCUT2D eigenvalue weighted by atomic mass is 35.5. The van der Waals surface area contributed by atoms with E-state index in [-0.39, 0.29) is 5.91 Å². The van der Waals surface area contributed by atoms with Gasteiger partial charge >= 0.3 is 0 Å². The molecule has 0 aliphatic heterocycles. The van der Waals surface area contributed by atoms with Crippen LogP contribution in [0.4, 0.5) is 0 Å². The van der Waals surface area contributed by atoms with Crippen LogP contribution in [0, 0.1) is 0 Å². The Morgan fingerprint density at radius 1 is 1.30 bits per heavy atom. The lowest BCUT2D eigenvalue weighted by Crippen LogP contribution is -2.25. The molecular weight excluding hydrogens is 330 g/mol. The lowest BCUT2D eigenvalue weighted by molar-refractivity contribution is 0.0954. The van der Waals surface area contributed by atoms with Gasteiger partial charge < -0.3 is 9.88 Å².